The Labute approximate surface area is 168 Å². The van der Waals surface area contributed by atoms with E-state index in [1.54, 1.807) is 51.1 Å². The van der Waals surface area contributed by atoms with Crippen molar-refractivity contribution in [3.05, 3.63) is 65.7 Å². The normalized spacial score (nSPS) is 13.6. The molecule has 0 aliphatic carbocycles. The van der Waals surface area contributed by atoms with Crippen LogP contribution in [0.4, 0.5) is 4.79 Å². The molecule has 0 spiro atoms. The fraction of sp³-hybridized carbons (Fsp3) is 0.409. The molecule has 0 aromatic heterocycles. The van der Waals surface area contributed by atoms with Crippen LogP contribution in [0.25, 0.3) is 0 Å². The molecule has 0 aliphatic rings. The van der Waals surface area contributed by atoms with Crippen molar-refractivity contribution in [2.24, 2.45) is 0 Å². The monoisotopic (exact) mass is 403 g/mol. The van der Waals surface area contributed by atoms with Crippen LogP contribution in [0.3, 0.4) is 0 Å². The maximum absolute atomic E-state index is 13.2. The first kappa shape index (κ1) is 22.0. The number of ether oxygens (including phenoxy) is 1. The lowest BCUT2D eigenvalue weighted by atomic mass is 9.87. The Morgan fingerprint density at radius 2 is 1.43 bits per heavy atom. The summed E-state index contributed by atoms with van der Waals surface area (Å²) in [7, 11) is -3.87. The van der Waals surface area contributed by atoms with Crippen molar-refractivity contribution in [2.45, 2.75) is 62.8 Å². The smallest absolute Gasteiger partial charge is 0.408 e. The van der Waals surface area contributed by atoms with E-state index in [9.17, 15) is 13.2 Å². The second kappa shape index (κ2) is 7.95. The highest BCUT2D eigenvalue weighted by Gasteiger charge is 2.32. The van der Waals surface area contributed by atoms with Crippen LogP contribution in [-0.4, -0.2) is 20.1 Å². The molecule has 152 valence electrons. The van der Waals surface area contributed by atoms with Crippen molar-refractivity contribution in [3.63, 3.8) is 0 Å². The van der Waals surface area contributed by atoms with Gasteiger partial charge in [0.15, 0.2) is 5.37 Å². The first-order valence-corrected chi connectivity index (χ1v) is 10.7. The minimum Gasteiger partial charge on any atom is -0.444 e. The van der Waals surface area contributed by atoms with Crippen LogP contribution in [0.1, 0.15) is 58.0 Å². The zero-order valence-corrected chi connectivity index (χ0v) is 18.1. The van der Waals surface area contributed by atoms with Gasteiger partial charge in [-0.1, -0.05) is 63.2 Å². The van der Waals surface area contributed by atoms with E-state index in [0.29, 0.717) is 5.56 Å². The lowest BCUT2D eigenvalue weighted by molar-refractivity contribution is 0.0519. The van der Waals surface area contributed by atoms with Gasteiger partial charge in [0.05, 0.1) is 4.90 Å². The Morgan fingerprint density at radius 3 is 1.89 bits per heavy atom. The summed E-state index contributed by atoms with van der Waals surface area (Å²) in [6.45, 7) is 11.4. The number of nitrogens with one attached hydrogen (secondary N) is 1. The summed E-state index contributed by atoms with van der Waals surface area (Å²) >= 11 is 0. The predicted molar refractivity (Wildman–Crippen MR) is 111 cm³/mol. The van der Waals surface area contributed by atoms with Crippen LogP contribution in [0.5, 0.6) is 0 Å². The summed E-state index contributed by atoms with van der Waals surface area (Å²) in [5, 5.41) is 1.29. The van der Waals surface area contributed by atoms with Crippen LogP contribution in [0, 0.1) is 0 Å². The second-order valence-electron chi connectivity index (χ2n) is 8.76. The molecule has 2 aromatic rings. The first-order valence-electron chi connectivity index (χ1n) is 9.19. The van der Waals surface area contributed by atoms with E-state index in [-0.39, 0.29) is 10.3 Å². The molecular weight excluding hydrogens is 374 g/mol. The molecule has 0 heterocycles. The summed E-state index contributed by atoms with van der Waals surface area (Å²) in [6.07, 6.45) is -0.781. The molecule has 0 saturated carbocycles. The topological polar surface area (TPSA) is 72.5 Å². The van der Waals surface area contributed by atoms with E-state index in [4.69, 9.17) is 4.74 Å². The van der Waals surface area contributed by atoms with E-state index >= 15 is 0 Å². The van der Waals surface area contributed by atoms with E-state index < -0.39 is 26.9 Å². The maximum Gasteiger partial charge on any atom is 0.408 e. The Hall–Kier alpha value is -2.34. The minimum atomic E-state index is -3.87. The van der Waals surface area contributed by atoms with Crippen LogP contribution in [0.2, 0.25) is 0 Å². The number of carbonyl (C=O) groups is 1. The van der Waals surface area contributed by atoms with Crippen LogP contribution < -0.4 is 5.32 Å². The summed E-state index contributed by atoms with van der Waals surface area (Å²) in [4.78, 5) is 12.5. The van der Waals surface area contributed by atoms with E-state index in [1.165, 1.54) is 12.1 Å². The molecule has 2 aromatic carbocycles. The van der Waals surface area contributed by atoms with Crippen molar-refractivity contribution in [1.82, 2.24) is 5.32 Å². The van der Waals surface area contributed by atoms with Gasteiger partial charge in [0.2, 0.25) is 9.84 Å². The zero-order chi connectivity index (χ0) is 21.2. The molecule has 5 nitrogen and oxygen atoms in total. The molecule has 0 aliphatic heterocycles. The molecule has 6 heteroatoms. The molecule has 0 bridgehead atoms. The molecule has 0 radical (unpaired) electrons. The third-order valence-corrected chi connectivity index (χ3v) is 6.05. The fourth-order valence-electron chi connectivity index (χ4n) is 2.66. The number of rotatable bonds is 4. The molecule has 1 N–H and O–H groups in total. The number of alkyl carbamates (subject to hydrolysis) is 1. The van der Waals surface area contributed by atoms with E-state index in [2.05, 4.69) is 26.1 Å². The highest BCUT2D eigenvalue weighted by Crippen LogP contribution is 2.29. The number of carbonyl (C=O) groups excluding carboxylic acids is 1. The van der Waals surface area contributed by atoms with Crippen molar-refractivity contribution < 1.29 is 17.9 Å². The highest BCUT2D eigenvalue weighted by molar-refractivity contribution is 7.91. The van der Waals surface area contributed by atoms with Gasteiger partial charge in [-0.3, -0.25) is 0 Å². The number of sulfone groups is 1. The molecule has 2 rings (SSSR count). The zero-order valence-electron chi connectivity index (χ0n) is 17.3. The van der Waals surface area contributed by atoms with Gasteiger partial charge in [-0.2, -0.15) is 0 Å². The van der Waals surface area contributed by atoms with Gasteiger partial charge in [-0.25, -0.2) is 13.2 Å². The summed E-state index contributed by atoms with van der Waals surface area (Å²) in [6, 6.07) is 15.3. The molecule has 28 heavy (non-hydrogen) atoms. The molecule has 1 unspecified atom stereocenters. The van der Waals surface area contributed by atoms with Crippen molar-refractivity contribution >= 4 is 15.9 Å². The standard InChI is InChI=1S/C22H29NO4S/c1-21(2,3)17-14-12-16(13-15-17)19(23-20(24)27-22(4,5)6)28(25,26)18-10-8-7-9-11-18/h7-15,19H,1-6H3,(H,23,24). The third-order valence-electron chi connectivity index (χ3n) is 4.11. The lowest BCUT2D eigenvalue weighted by Gasteiger charge is -2.25. The summed E-state index contributed by atoms with van der Waals surface area (Å²) in [5.41, 5.74) is 0.749. The van der Waals surface area contributed by atoms with Gasteiger partial charge in [-0.15, -0.1) is 0 Å². The predicted octanol–water partition coefficient (Wildman–Crippen LogP) is 4.98. The van der Waals surface area contributed by atoms with Gasteiger partial charge in [0, 0.05) is 0 Å². The molecule has 0 saturated heterocycles. The van der Waals surface area contributed by atoms with Gasteiger partial charge >= 0.3 is 6.09 Å². The summed E-state index contributed by atoms with van der Waals surface area (Å²) < 4.78 is 31.8. The molecule has 0 fully saturated rings. The fourth-order valence-corrected chi connectivity index (χ4v) is 4.23. The van der Waals surface area contributed by atoms with Gasteiger partial charge in [-0.05, 0) is 49.4 Å². The third kappa shape index (κ3) is 5.58. The Balaban J connectivity index is 2.46. The minimum absolute atomic E-state index is 0.0646. The van der Waals surface area contributed by atoms with E-state index in [1.807, 2.05) is 12.1 Å². The SMILES string of the molecule is CC(C)(C)OC(=O)NC(c1ccc(C(C)(C)C)cc1)S(=O)(=O)c1ccccc1. The van der Waals surface area contributed by atoms with Gasteiger partial charge in [0.25, 0.3) is 0 Å². The van der Waals surface area contributed by atoms with Crippen molar-refractivity contribution in [2.75, 3.05) is 0 Å². The molecule has 1 amide bonds. The Morgan fingerprint density at radius 1 is 0.893 bits per heavy atom. The quantitative estimate of drug-likeness (QED) is 0.781. The largest absolute Gasteiger partial charge is 0.444 e. The number of benzene rings is 2. The average molecular weight is 404 g/mol. The Kier molecular flexibility index (Phi) is 6.24. The Bertz CT molecular complexity index is 906. The molecule has 1 atom stereocenters. The second-order valence-corrected chi connectivity index (χ2v) is 10.8. The maximum atomic E-state index is 13.2. The van der Waals surface area contributed by atoms with Gasteiger partial charge in [0.1, 0.15) is 5.60 Å². The highest BCUT2D eigenvalue weighted by atomic mass is 32.2. The van der Waals surface area contributed by atoms with Gasteiger partial charge < -0.3 is 10.1 Å². The average Bonchev–Trinajstić information content (AvgIpc) is 2.58. The summed E-state index contributed by atoms with van der Waals surface area (Å²) in [5.74, 6) is 0. The van der Waals surface area contributed by atoms with Crippen molar-refractivity contribution in [3.8, 4) is 0 Å². The number of hydrogen-bond acceptors (Lipinski definition) is 4. The van der Waals surface area contributed by atoms with Crippen molar-refractivity contribution in [1.29, 1.82) is 0 Å². The molecular formula is C22H29NO4S. The van der Waals surface area contributed by atoms with Crippen LogP contribution in [-0.2, 0) is 20.0 Å². The number of hydrogen-bond donors (Lipinski definition) is 1. The van der Waals surface area contributed by atoms with E-state index in [0.717, 1.165) is 5.56 Å². The number of amides is 1. The van der Waals surface area contributed by atoms with Crippen LogP contribution >= 0.6 is 0 Å². The van der Waals surface area contributed by atoms with Crippen LogP contribution in [0.15, 0.2) is 59.5 Å². The lowest BCUT2D eigenvalue weighted by Crippen LogP contribution is -2.38. The first-order chi connectivity index (χ1) is 12.8.